The second-order valence-electron chi connectivity index (χ2n) is 1.93. The molecule has 0 amide bonds. The predicted molar refractivity (Wildman–Crippen MR) is 49.2 cm³/mol. The molecule has 0 bridgehead atoms. The van der Waals surface area contributed by atoms with E-state index in [4.69, 9.17) is 4.74 Å². The first kappa shape index (κ1) is 8.01. The van der Waals surface area contributed by atoms with Gasteiger partial charge >= 0.3 is 0 Å². The highest BCUT2D eigenvalue weighted by Crippen LogP contribution is 2.21. The number of hydrogen-bond donors (Lipinski definition) is 1. The van der Waals surface area contributed by atoms with E-state index in [2.05, 4.69) is 23.0 Å². The van der Waals surface area contributed by atoms with Crippen LogP contribution in [0.2, 0.25) is 0 Å². The predicted octanol–water partition coefficient (Wildman–Crippen LogP) is 1.94. The SMILES string of the molecule is COc1ccccc1N[C]=S. The van der Waals surface area contributed by atoms with Crippen LogP contribution in [0.5, 0.6) is 5.75 Å². The van der Waals surface area contributed by atoms with E-state index in [9.17, 15) is 0 Å². The number of thiocarbonyl (C=S) groups is 1. The molecular formula is C8H8NOS. The molecule has 0 aliphatic rings. The Morgan fingerprint density at radius 1 is 1.45 bits per heavy atom. The minimum Gasteiger partial charge on any atom is -0.495 e. The zero-order valence-corrected chi connectivity index (χ0v) is 6.94. The van der Waals surface area contributed by atoms with E-state index in [1.807, 2.05) is 24.3 Å². The molecule has 1 N–H and O–H groups in total. The van der Waals surface area contributed by atoms with Crippen molar-refractivity contribution in [3.63, 3.8) is 0 Å². The van der Waals surface area contributed by atoms with Gasteiger partial charge in [0.05, 0.1) is 12.8 Å². The van der Waals surface area contributed by atoms with Crippen LogP contribution < -0.4 is 10.1 Å². The Hall–Kier alpha value is -1.09. The highest BCUT2D eigenvalue weighted by atomic mass is 32.1. The van der Waals surface area contributed by atoms with E-state index in [0.717, 1.165) is 11.4 Å². The molecule has 1 aromatic carbocycles. The average molecular weight is 166 g/mol. The fraction of sp³-hybridized carbons (Fsp3) is 0.125. The average Bonchev–Trinajstić information content (AvgIpc) is 2.06. The number of benzene rings is 1. The number of anilines is 1. The van der Waals surface area contributed by atoms with Crippen molar-refractivity contribution in [2.45, 2.75) is 0 Å². The second-order valence-corrected chi connectivity index (χ2v) is 2.13. The Morgan fingerprint density at radius 3 is 2.82 bits per heavy atom. The van der Waals surface area contributed by atoms with Crippen LogP contribution in [0.3, 0.4) is 0 Å². The van der Waals surface area contributed by atoms with Gasteiger partial charge in [0.15, 0.2) is 0 Å². The molecule has 0 fully saturated rings. The third kappa shape index (κ3) is 1.91. The van der Waals surface area contributed by atoms with Gasteiger partial charge in [0.1, 0.15) is 11.2 Å². The molecule has 0 unspecified atom stereocenters. The standard InChI is InChI=1S/C8H8NOS/c1-10-8-5-3-2-4-7(8)9-6-11/h2-5H,1H3,(H,9,11). The van der Waals surface area contributed by atoms with E-state index in [1.165, 1.54) is 0 Å². The summed E-state index contributed by atoms with van der Waals surface area (Å²) < 4.78 is 5.05. The van der Waals surface area contributed by atoms with E-state index in [-0.39, 0.29) is 0 Å². The van der Waals surface area contributed by atoms with Crippen LogP contribution in [-0.4, -0.2) is 12.6 Å². The normalized spacial score (nSPS) is 8.82. The number of rotatable bonds is 3. The lowest BCUT2D eigenvalue weighted by molar-refractivity contribution is 0.417. The molecule has 1 aromatic rings. The van der Waals surface area contributed by atoms with Crippen LogP contribution in [0.15, 0.2) is 24.3 Å². The molecule has 0 spiro atoms. The van der Waals surface area contributed by atoms with Crippen molar-refractivity contribution < 1.29 is 4.74 Å². The molecule has 2 nitrogen and oxygen atoms in total. The maximum atomic E-state index is 5.05. The number of ether oxygens (including phenoxy) is 1. The molecule has 11 heavy (non-hydrogen) atoms. The van der Waals surface area contributed by atoms with Crippen molar-refractivity contribution in [2.24, 2.45) is 0 Å². The molecule has 0 heterocycles. The molecule has 0 atom stereocenters. The van der Waals surface area contributed by atoms with Gasteiger partial charge in [-0.1, -0.05) is 24.4 Å². The van der Waals surface area contributed by atoms with Crippen molar-refractivity contribution in [3.05, 3.63) is 24.3 Å². The molecule has 1 radical (unpaired) electrons. The first-order valence-corrected chi connectivity index (χ1v) is 3.55. The Morgan fingerprint density at radius 2 is 2.18 bits per heavy atom. The van der Waals surface area contributed by atoms with E-state index in [0.29, 0.717) is 0 Å². The summed E-state index contributed by atoms with van der Waals surface area (Å²) in [6.45, 7) is 0. The maximum absolute atomic E-state index is 5.05. The summed E-state index contributed by atoms with van der Waals surface area (Å²) in [7, 11) is 1.61. The fourth-order valence-corrected chi connectivity index (χ4v) is 0.913. The van der Waals surface area contributed by atoms with Gasteiger partial charge in [0.2, 0.25) is 0 Å². The maximum Gasteiger partial charge on any atom is 0.142 e. The van der Waals surface area contributed by atoms with Gasteiger partial charge in [-0.05, 0) is 12.1 Å². The quantitative estimate of drug-likeness (QED) is 0.547. The van der Waals surface area contributed by atoms with Gasteiger partial charge in [-0.25, -0.2) is 0 Å². The summed E-state index contributed by atoms with van der Waals surface area (Å²) in [6, 6.07) is 7.53. The fourth-order valence-electron chi connectivity index (χ4n) is 0.803. The lowest BCUT2D eigenvalue weighted by Crippen LogP contribution is -1.94. The van der Waals surface area contributed by atoms with Crippen molar-refractivity contribution in [3.8, 4) is 5.75 Å². The van der Waals surface area contributed by atoms with Crippen LogP contribution in [0, 0.1) is 0 Å². The molecule has 0 saturated heterocycles. The molecule has 0 saturated carbocycles. The number of hydrogen-bond acceptors (Lipinski definition) is 2. The third-order valence-corrected chi connectivity index (χ3v) is 1.39. The summed E-state index contributed by atoms with van der Waals surface area (Å²) in [4.78, 5) is 0. The third-order valence-electron chi connectivity index (χ3n) is 1.29. The minimum absolute atomic E-state index is 0.768. The van der Waals surface area contributed by atoms with Crippen molar-refractivity contribution in [1.29, 1.82) is 0 Å². The lowest BCUT2D eigenvalue weighted by Gasteiger charge is -2.05. The summed E-state index contributed by atoms with van der Waals surface area (Å²) in [5.74, 6) is 0.768. The van der Waals surface area contributed by atoms with Crippen molar-refractivity contribution >= 4 is 23.4 Å². The first-order chi connectivity index (χ1) is 5.38. The summed E-state index contributed by atoms with van der Waals surface area (Å²) in [5.41, 5.74) is 3.25. The van der Waals surface area contributed by atoms with E-state index >= 15 is 0 Å². The monoisotopic (exact) mass is 166 g/mol. The summed E-state index contributed by atoms with van der Waals surface area (Å²) in [6.07, 6.45) is 0. The van der Waals surface area contributed by atoms with E-state index in [1.54, 1.807) is 7.11 Å². The van der Waals surface area contributed by atoms with Crippen LogP contribution in [0.1, 0.15) is 0 Å². The Kier molecular flexibility index (Phi) is 2.86. The summed E-state index contributed by atoms with van der Waals surface area (Å²) in [5, 5.41) is 2.77. The van der Waals surface area contributed by atoms with Gasteiger partial charge in [-0.15, -0.1) is 0 Å². The molecule has 1 rings (SSSR count). The Balaban J connectivity index is 2.92. The number of para-hydroxylation sites is 2. The van der Waals surface area contributed by atoms with Crippen LogP contribution >= 0.6 is 12.2 Å². The zero-order chi connectivity index (χ0) is 8.10. The molecule has 0 aliphatic carbocycles. The van der Waals surface area contributed by atoms with Crippen LogP contribution in [0.4, 0.5) is 5.69 Å². The molecule has 3 heteroatoms. The van der Waals surface area contributed by atoms with Gasteiger partial charge in [-0.2, -0.15) is 0 Å². The van der Waals surface area contributed by atoms with Gasteiger partial charge < -0.3 is 10.1 Å². The second kappa shape index (κ2) is 3.93. The zero-order valence-electron chi connectivity index (χ0n) is 6.13. The van der Waals surface area contributed by atoms with Gasteiger partial charge in [-0.3, -0.25) is 0 Å². The largest absolute Gasteiger partial charge is 0.495 e. The number of nitrogens with one attached hydrogen (secondary N) is 1. The molecule has 0 aromatic heterocycles. The molecule has 0 aliphatic heterocycles. The van der Waals surface area contributed by atoms with E-state index < -0.39 is 0 Å². The molecular weight excluding hydrogens is 158 g/mol. The van der Waals surface area contributed by atoms with Crippen LogP contribution in [-0.2, 0) is 0 Å². The smallest absolute Gasteiger partial charge is 0.142 e. The van der Waals surface area contributed by atoms with Crippen molar-refractivity contribution in [2.75, 3.05) is 12.4 Å². The highest BCUT2D eigenvalue weighted by molar-refractivity contribution is 7.79. The van der Waals surface area contributed by atoms with Gasteiger partial charge in [0.25, 0.3) is 0 Å². The topological polar surface area (TPSA) is 21.3 Å². The Bertz CT molecular complexity index is 250. The Labute approximate surface area is 71.2 Å². The minimum atomic E-state index is 0.768. The lowest BCUT2D eigenvalue weighted by atomic mass is 10.3. The summed E-state index contributed by atoms with van der Waals surface area (Å²) >= 11 is 4.52. The van der Waals surface area contributed by atoms with Crippen molar-refractivity contribution in [1.82, 2.24) is 0 Å². The van der Waals surface area contributed by atoms with Crippen LogP contribution in [0.25, 0.3) is 0 Å². The highest BCUT2D eigenvalue weighted by Gasteiger charge is 1.96. The van der Waals surface area contributed by atoms with Gasteiger partial charge in [0, 0.05) is 0 Å². The molecule has 57 valence electrons. The first-order valence-electron chi connectivity index (χ1n) is 3.14. The number of methoxy groups -OCH3 is 1.